The molecule has 2 atom stereocenters. The third-order valence-electron chi connectivity index (χ3n) is 6.42. The van der Waals surface area contributed by atoms with Crippen molar-refractivity contribution in [2.24, 2.45) is 11.7 Å². The fraction of sp³-hybridized carbons (Fsp3) is 0.409. The SMILES string of the molecule is NC(=O)c1c(Cl)cc([C@H](c2ccc(F)cc2)[C@@H]2CC3CCN2CC3)c(C(F)(F)F)c1Cl. The Morgan fingerprint density at radius 2 is 1.74 bits per heavy atom. The summed E-state index contributed by atoms with van der Waals surface area (Å²) in [5.74, 6) is -1.95. The molecule has 2 aromatic rings. The van der Waals surface area contributed by atoms with Gasteiger partial charge in [-0.2, -0.15) is 13.2 Å². The summed E-state index contributed by atoms with van der Waals surface area (Å²) in [5, 5.41) is -1.03. The standard InChI is InChI=1S/C22H20Cl2F4N2O/c23-15-10-14(19(22(26,27)28)20(24)18(15)21(29)31)17(12-1-3-13(25)4-2-12)16-9-11-5-7-30(16)8-6-11/h1-4,10-11,16-17H,5-9H2,(H2,29,31)/t16-,17-/m0/s1. The lowest BCUT2D eigenvalue weighted by atomic mass is 9.73. The van der Waals surface area contributed by atoms with E-state index in [2.05, 4.69) is 4.90 Å². The summed E-state index contributed by atoms with van der Waals surface area (Å²) in [7, 11) is 0. The van der Waals surface area contributed by atoms with Gasteiger partial charge in [0.15, 0.2) is 0 Å². The van der Waals surface area contributed by atoms with E-state index < -0.39 is 40.0 Å². The number of hydrogen-bond acceptors (Lipinski definition) is 2. The Hall–Kier alpha value is -1.83. The van der Waals surface area contributed by atoms with E-state index in [4.69, 9.17) is 28.9 Å². The predicted molar refractivity (Wildman–Crippen MR) is 111 cm³/mol. The molecule has 3 saturated heterocycles. The minimum atomic E-state index is -4.84. The Morgan fingerprint density at radius 1 is 1.13 bits per heavy atom. The number of nitrogens with two attached hydrogens (primary N) is 1. The second-order valence-electron chi connectivity index (χ2n) is 8.19. The average Bonchev–Trinajstić information content (AvgIpc) is 2.69. The number of piperidine rings is 3. The van der Waals surface area contributed by atoms with Crippen LogP contribution in [0.4, 0.5) is 17.6 Å². The number of benzene rings is 2. The first-order valence-electron chi connectivity index (χ1n) is 9.96. The molecule has 166 valence electrons. The second kappa shape index (κ2) is 8.26. The molecule has 31 heavy (non-hydrogen) atoms. The molecule has 0 aliphatic carbocycles. The van der Waals surface area contributed by atoms with Gasteiger partial charge in [-0.05, 0) is 67.6 Å². The number of nitrogens with zero attached hydrogens (tertiary/aromatic N) is 1. The highest BCUT2D eigenvalue weighted by Crippen LogP contribution is 2.49. The molecule has 9 heteroatoms. The van der Waals surface area contributed by atoms with Crippen molar-refractivity contribution in [2.75, 3.05) is 13.1 Å². The van der Waals surface area contributed by atoms with Crippen molar-refractivity contribution < 1.29 is 22.4 Å². The van der Waals surface area contributed by atoms with Crippen molar-refractivity contribution in [1.29, 1.82) is 0 Å². The number of carbonyl (C=O) groups excluding carboxylic acids is 1. The van der Waals surface area contributed by atoms with Gasteiger partial charge < -0.3 is 5.73 Å². The molecule has 0 radical (unpaired) electrons. The van der Waals surface area contributed by atoms with Gasteiger partial charge in [0.25, 0.3) is 5.91 Å². The van der Waals surface area contributed by atoms with Crippen LogP contribution in [0.1, 0.15) is 52.2 Å². The van der Waals surface area contributed by atoms with Crippen LogP contribution in [0.3, 0.4) is 0 Å². The molecule has 0 spiro atoms. The highest BCUT2D eigenvalue weighted by atomic mass is 35.5. The minimum absolute atomic E-state index is 0.128. The summed E-state index contributed by atoms with van der Waals surface area (Å²) in [5.41, 5.74) is 3.98. The number of alkyl halides is 3. The number of halogens is 6. The van der Waals surface area contributed by atoms with E-state index in [-0.39, 0.29) is 16.6 Å². The van der Waals surface area contributed by atoms with Gasteiger partial charge in [-0.25, -0.2) is 4.39 Å². The normalized spacial score (nSPS) is 24.3. The van der Waals surface area contributed by atoms with E-state index in [1.165, 1.54) is 24.3 Å². The zero-order valence-corrected chi connectivity index (χ0v) is 17.9. The van der Waals surface area contributed by atoms with E-state index in [0.717, 1.165) is 32.0 Å². The van der Waals surface area contributed by atoms with E-state index in [0.29, 0.717) is 17.9 Å². The monoisotopic (exact) mass is 474 g/mol. The average molecular weight is 475 g/mol. The number of amides is 1. The van der Waals surface area contributed by atoms with E-state index in [1.807, 2.05) is 0 Å². The van der Waals surface area contributed by atoms with Gasteiger partial charge in [-0.15, -0.1) is 0 Å². The van der Waals surface area contributed by atoms with Crippen LogP contribution in [0.25, 0.3) is 0 Å². The van der Waals surface area contributed by atoms with Crippen molar-refractivity contribution in [3.63, 3.8) is 0 Å². The third-order valence-corrected chi connectivity index (χ3v) is 7.10. The quantitative estimate of drug-likeness (QED) is 0.563. The first-order chi connectivity index (χ1) is 14.6. The number of carbonyl (C=O) groups is 1. The van der Waals surface area contributed by atoms with Gasteiger partial charge in [0.1, 0.15) is 5.82 Å². The lowest BCUT2D eigenvalue weighted by Gasteiger charge is -2.49. The van der Waals surface area contributed by atoms with Crippen molar-refractivity contribution in [3.05, 3.63) is 68.4 Å². The van der Waals surface area contributed by atoms with Crippen LogP contribution in [0.2, 0.25) is 10.0 Å². The molecule has 1 amide bonds. The summed E-state index contributed by atoms with van der Waals surface area (Å²) in [4.78, 5) is 13.9. The van der Waals surface area contributed by atoms with Crippen LogP contribution in [0.5, 0.6) is 0 Å². The van der Waals surface area contributed by atoms with Crippen LogP contribution >= 0.6 is 23.2 Å². The molecule has 0 saturated carbocycles. The van der Waals surface area contributed by atoms with Crippen LogP contribution in [0, 0.1) is 11.7 Å². The smallest absolute Gasteiger partial charge is 0.366 e. The number of primary amides is 1. The molecule has 0 aromatic heterocycles. The first-order valence-corrected chi connectivity index (χ1v) is 10.7. The Bertz CT molecular complexity index is 1000. The zero-order chi connectivity index (χ0) is 22.5. The number of hydrogen-bond donors (Lipinski definition) is 1. The van der Waals surface area contributed by atoms with Gasteiger partial charge in [0.2, 0.25) is 0 Å². The Balaban J connectivity index is 1.97. The molecule has 2 aromatic carbocycles. The summed E-state index contributed by atoms with van der Waals surface area (Å²) in [6.07, 6.45) is -2.13. The lowest BCUT2D eigenvalue weighted by molar-refractivity contribution is -0.138. The molecule has 3 heterocycles. The summed E-state index contributed by atoms with van der Waals surface area (Å²) in [6.45, 7) is 1.57. The maximum Gasteiger partial charge on any atom is 0.418 e. The van der Waals surface area contributed by atoms with Crippen molar-refractivity contribution in [3.8, 4) is 0 Å². The van der Waals surface area contributed by atoms with E-state index in [9.17, 15) is 22.4 Å². The maximum absolute atomic E-state index is 14.2. The van der Waals surface area contributed by atoms with Gasteiger partial charge in [-0.1, -0.05) is 35.3 Å². The summed E-state index contributed by atoms with van der Waals surface area (Å²) < 4.78 is 56.3. The van der Waals surface area contributed by atoms with Crippen molar-refractivity contribution in [1.82, 2.24) is 4.90 Å². The Labute approximate surface area is 187 Å². The topological polar surface area (TPSA) is 46.3 Å². The van der Waals surface area contributed by atoms with Gasteiger partial charge in [0.05, 0.1) is 21.2 Å². The molecule has 3 fully saturated rings. The highest BCUT2D eigenvalue weighted by molar-refractivity contribution is 6.40. The summed E-state index contributed by atoms with van der Waals surface area (Å²) >= 11 is 12.3. The van der Waals surface area contributed by atoms with Crippen molar-refractivity contribution >= 4 is 29.1 Å². The van der Waals surface area contributed by atoms with Crippen molar-refractivity contribution in [2.45, 2.75) is 37.4 Å². The third kappa shape index (κ3) is 4.15. The van der Waals surface area contributed by atoms with Crippen LogP contribution < -0.4 is 5.73 Å². The van der Waals surface area contributed by atoms with Gasteiger partial charge >= 0.3 is 6.18 Å². The zero-order valence-electron chi connectivity index (χ0n) is 16.4. The highest BCUT2D eigenvalue weighted by Gasteiger charge is 2.45. The molecule has 3 aliphatic rings. The van der Waals surface area contributed by atoms with Crippen LogP contribution in [-0.2, 0) is 6.18 Å². The lowest BCUT2D eigenvalue weighted by Crippen LogP contribution is -2.51. The van der Waals surface area contributed by atoms with Crippen LogP contribution in [-0.4, -0.2) is 29.9 Å². The largest absolute Gasteiger partial charge is 0.418 e. The molecule has 0 unspecified atom stereocenters. The first kappa shape index (κ1) is 22.4. The molecule has 2 N–H and O–H groups in total. The molecule has 3 nitrogen and oxygen atoms in total. The second-order valence-corrected chi connectivity index (χ2v) is 8.97. The molecule has 2 bridgehead atoms. The molecular formula is C22H20Cl2F4N2O. The van der Waals surface area contributed by atoms with E-state index in [1.54, 1.807) is 0 Å². The van der Waals surface area contributed by atoms with Gasteiger partial charge in [0, 0.05) is 12.0 Å². The molecular weight excluding hydrogens is 455 g/mol. The molecule has 5 rings (SSSR count). The number of rotatable bonds is 4. The van der Waals surface area contributed by atoms with Crippen LogP contribution in [0.15, 0.2) is 30.3 Å². The summed E-state index contributed by atoms with van der Waals surface area (Å²) in [6, 6.07) is 6.36. The Kier molecular flexibility index (Phi) is 5.96. The minimum Gasteiger partial charge on any atom is -0.366 e. The maximum atomic E-state index is 14.2. The molecule has 3 aliphatic heterocycles. The number of fused-ring (bicyclic) bond motifs is 3. The Morgan fingerprint density at radius 3 is 2.23 bits per heavy atom. The predicted octanol–water partition coefficient (Wildman–Crippen LogP) is 5.87. The fourth-order valence-electron chi connectivity index (χ4n) is 5.03. The fourth-order valence-corrected chi connectivity index (χ4v) is 5.80. The van der Waals surface area contributed by atoms with Gasteiger partial charge in [-0.3, -0.25) is 9.69 Å². The van der Waals surface area contributed by atoms with E-state index >= 15 is 0 Å².